The van der Waals surface area contributed by atoms with Crippen molar-refractivity contribution in [1.29, 1.82) is 0 Å². The second-order valence-corrected chi connectivity index (χ2v) is 10.5. The van der Waals surface area contributed by atoms with Gasteiger partial charge in [0.2, 0.25) is 0 Å². The van der Waals surface area contributed by atoms with Gasteiger partial charge in [0, 0.05) is 21.1 Å². The molecular weight excluding hydrogens is 462 g/mol. The van der Waals surface area contributed by atoms with Crippen molar-refractivity contribution in [2.24, 2.45) is 0 Å². The van der Waals surface area contributed by atoms with Crippen LogP contribution in [0.25, 0.3) is 21.7 Å². The van der Waals surface area contributed by atoms with Crippen LogP contribution in [0.1, 0.15) is 27.3 Å². The monoisotopic (exact) mass is 489 g/mol. The van der Waals surface area contributed by atoms with E-state index in [1.807, 2.05) is 25.1 Å². The third-order valence-electron chi connectivity index (χ3n) is 5.45. The molecule has 0 radical (unpaired) electrons. The molecule has 0 fully saturated rings. The number of hydrogen-bond acceptors (Lipinski definition) is 5. The molecule has 34 heavy (non-hydrogen) atoms. The van der Waals surface area contributed by atoms with Crippen molar-refractivity contribution in [2.75, 3.05) is 6.61 Å². The Morgan fingerprint density at radius 1 is 0.912 bits per heavy atom. The van der Waals surface area contributed by atoms with E-state index in [0.29, 0.717) is 5.75 Å². The molecule has 0 aliphatic rings. The smallest absolute Gasteiger partial charge is 0.341 e. The molecule has 0 aliphatic carbocycles. The van der Waals surface area contributed by atoms with Crippen LogP contribution >= 0.6 is 23.1 Å². The fourth-order valence-corrected chi connectivity index (χ4v) is 6.00. The lowest BCUT2D eigenvalue weighted by molar-refractivity contribution is -0.139. The van der Waals surface area contributed by atoms with Crippen LogP contribution in [0, 0.1) is 27.7 Å². The minimum absolute atomic E-state index is 0.332. The summed E-state index contributed by atoms with van der Waals surface area (Å²) >= 11 is 3.48. The number of carbonyl (C=O) groups is 1. The van der Waals surface area contributed by atoms with Gasteiger partial charge in [-0.1, -0.05) is 53.6 Å². The summed E-state index contributed by atoms with van der Waals surface area (Å²) in [6, 6.07) is 21.1. The molecule has 4 nitrogen and oxygen atoms in total. The second-order valence-electron chi connectivity index (χ2n) is 8.38. The molecule has 0 saturated heterocycles. The number of ether oxygens (including phenoxy) is 1. The maximum absolute atomic E-state index is 10.7. The van der Waals surface area contributed by atoms with E-state index >= 15 is 0 Å². The largest absolute Gasteiger partial charge is 0.482 e. The van der Waals surface area contributed by atoms with E-state index < -0.39 is 5.97 Å². The third kappa shape index (κ3) is 5.88. The van der Waals surface area contributed by atoms with Gasteiger partial charge in [-0.2, -0.15) is 0 Å². The minimum atomic E-state index is -0.978. The van der Waals surface area contributed by atoms with Crippen LogP contribution in [-0.4, -0.2) is 22.7 Å². The summed E-state index contributed by atoms with van der Waals surface area (Å²) in [5.41, 5.74) is 8.12. The quantitative estimate of drug-likeness (QED) is 0.260. The molecule has 1 N–H and O–H groups in total. The fourth-order valence-electron chi connectivity index (χ4n) is 3.79. The van der Waals surface area contributed by atoms with Gasteiger partial charge < -0.3 is 9.84 Å². The van der Waals surface area contributed by atoms with Crippen LogP contribution in [0.5, 0.6) is 5.75 Å². The number of nitrogens with zero attached hydrogens (tertiary/aromatic N) is 1. The Bertz CT molecular complexity index is 1310. The summed E-state index contributed by atoms with van der Waals surface area (Å²) in [4.78, 5) is 17.9. The summed E-state index contributed by atoms with van der Waals surface area (Å²) in [5, 5.41) is 9.83. The molecule has 1 aromatic heterocycles. The Labute approximate surface area is 208 Å². The number of carboxylic acids is 1. The van der Waals surface area contributed by atoms with Gasteiger partial charge >= 0.3 is 5.97 Å². The van der Waals surface area contributed by atoms with Crippen molar-refractivity contribution in [3.05, 3.63) is 87.9 Å². The molecule has 174 valence electrons. The number of carboxylic acid groups (broad SMARTS) is 1. The lowest BCUT2D eigenvalue weighted by atomic mass is 10.00. The zero-order valence-electron chi connectivity index (χ0n) is 19.7. The van der Waals surface area contributed by atoms with Gasteiger partial charge in [-0.3, -0.25) is 0 Å². The molecule has 0 spiro atoms. The van der Waals surface area contributed by atoms with E-state index in [1.165, 1.54) is 27.1 Å². The molecule has 0 saturated carbocycles. The van der Waals surface area contributed by atoms with E-state index in [0.717, 1.165) is 32.5 Å². The lowest BCUT2D eigenvalue weighted by Gasteiger charge is -2.08. The Kier molecular flexibility index (Phi) is 7.39. The zero-order valence-corrected chi connectivity index (χ0v) is 21.3. The Morgan fingerprint density at radius 2 is 1.59 bits per heavy atom. The van der Waals surface area contributed by atoms with Crippen molar-refractivity contribution in [2.45, 2.75) is 38.3 Å². The first-order valence-corrected chi connectivity index (χ1v) is 12.8. The summed E-state index contributed by atoms with van der Waals surface area (Å²) in [5.74, 6) is 0.459. The van der Waals surface area contributed by atoms with Crippen LogP contribution in [0.3, 0.4) is 0 Å². The molecule has 0 atom stereocenters. The highest BCUT2D eigenvalue weighted by Gasteiger charge is 2.11. The zero-order chi connectivity index (χ0) is 24.2. The van der Waals surface area contributed by atoms with Crippen LogP contribution in [0.4, 0.5) is 0 Å². The molecule has 1 heterocycles. The lowest BCUT2D eigenvalue weighted by Crippen LogP contribution is -2.09. The van der Waals surface area contributed by atoms with Gasteiger partial charge in [-0.25, -0.2) is 9.78 Å². The van der Waals surface area contributed by atoms with Crippen LogP contribution in [0.15, 0.2) is 65.6 Å². The van der Waals surface area contributed by atoms with Gasteiger partial charge in [-0.05, 0) is 62.6 Å². The Morgan fingerprint density at radius 3 is 2.24 bits per heavy atom. The Balaban J connectivity index is 1.44. The molecule has 3 aromatic carbocycles. The molecule has 4 rings (SSSR count). The topological polar surface area (TPSA) is 59.4 Å². The summed E-state index contributed by atoms with van der Waals surface area (Å²) < 4.78 is 5.32. The van der Waals surface area contributed by atoms with E-state index in [1.54, 1.807) is 23.1 Å². The van der Waals surface area contributed by atoms with Crippen molar-refractivity contribution in [3.8, 4) is 27.4 Å². The first kappa shape index (κ1) is 24.0. The highest BCUT2D eigenvalue weighted by molar-refractivity contribution is 7.98. The average Bonchev–Trinajstić information content (AvgIpc) is 3.17. The number of rotatable bonds is 8. The summed E-state index contributed by atoms with van der Waals surface area (Å²) in [6.07, 6.45) is 0. The first-order chi connectivity index (χ1) is 16.3. The van der Waals surface area contributed by atoms with Crippen LogP contribution in [-0.2, 0) is 10.5 Å². The Hall–Kier alpha value is -3.09. The number of aryl methyl sites for hydroxylation is 4. The molecule has 6 heteroatoms. The molecule has 4 aromatic rings. The number of aromatic nitrogens is 1. The molecule has 0 unspecified atom stereocenters. The molecule has 0 aliphatic heterocycles. The van der Waals surface area contributed by atoms with E-state index in [9.17, 15) is 4.79 Å². The highest BCUT2D eigenvalue weighted by Crippen LogP contribution is 2.35. The fraction of sp³-hybridized carbons (Fsp3) is 0.214. The highest BCUT2D eigenvalue weighted by atomic mass is 32.2. The van der Waals surface area contributed by atoms with E-state index in [2.05, 4.69) is 63.2 Å². The van der Waals surface area contributed by atoms with E-state index in [-0.39, 0.29) is 6.61 Å². The predicted molar refractivity (Wildman–Crippen MR) is 141 cm³/mol. The summed E-state index contributed by atoms with van der Waals surface area (Å²) in [7, 11) is 0. The number of aliphatic carboxylic acids is 1. The van der Waals surface area contributed by atoms with Crippen molar-refractivity contribution in [1.82, 2.24) is 4.98 Å². The number of hydrogen-bond donors (Lipinski definition) is 1. The maximum atomic E-state index is 10.7. The number of thiazole rings is 1. The summed E-state index contributed by atoms with van der Waals surface area (Å²) in [6.45, 7) is 7.92. The third-order valence-corrected chi connectivity index (χ3v) is 7.86. The van der Waals surface area contributed by atoms with Crippen LogP contribution < -0.4 is 4.74 Å². The minimum Gasteiger partial charge on any atom is -0.482 e. The molecule has 0 amide bonds. The molecule has 0 bridgehead atoms. The first-order valence-electron chi connectivity index (χ1n) is 11.0. The standard InChI is InChI=1S/C28H27NO3S2/c1-17-11-18(2)13-23(12-17)21-5-7-22(8-6-21)28-29-20(4)26(34-28)16-33-24-9-10-25(19(3)14-24)32-15-27(30)31/h5-14H,15-16H2,1-4H3,(H,30,31). The van der Waals surface area contributed by atoms with Gasteiger partial charge in [-0.15, -0.1) is 23.1 Å². The van der Waals surface area contributed by atoms with Gasteiger partial charge in [0.1, 0.15) is 10.8 Å². The predicted octanol–water partition coefficient (Wildman–Crippen LogP) is 7.47. The van der Waals surface area contributed by atoms with Gasteiger partial charge in [0.25, 0.3) is 0 Å². The average molecular weight is 490 g/mol. The number of benzene rings is 3. The van der Waals surface area contributed by atoms with Crippen molar-refractivity contribution >= 4 is 29.1 Å². The van der Waals surface area contributed by atoms with E-state index in [4.69, 9.17) is 14.8 Å². The molecular formula is C28H27NO3S2. The SMILES string of the molecule is Cc1cc(C)cc(-c2ccc(-c3nc(C)c(CSc4ccc(OCC(=O)O)c(C)c4)s3)cc2)c1. The van der Waals surface area contributed by atoms with Gasteiger partial charge in [0.05, 0.1) is 5.69 Å². The maximum Gasteiger partial charge on any atom is 0.341 e. The van der Waals surface area contributed by atoms with Crippen molar-refractivity contribution in [3.63, 3.8) is 0 Å². The number of thioether (sulfide) groups is 1. The van der Waals surface area contributed by atoms with Crippen molar-refractivity contribution < 1.29 is 14.6 Å². The van der Waals surface area contributed by atoms with Gasteiger partial charge in [0.15, 0.2) is 6.61 Å². The second kappa shape index (κ2) is 10.5. The normalized spacial score (nSPS) is 10.9. The van der Waals surface area contributed by atoms with Crippen LogP contribution in [0.2, 0.25) is 0 Å².